The highest BCUT2D eigenvalue weighted by Gasteiger charge is 2.29. The van der Waals surface area contributed by atoms with Gasteiger partial charge in [-0.25, -0.2) is 0 Å². The maximum Gasteiger partial charge on any atom is 0.0897 e. The zero-order valence-electron chi connectivity index (χ0n) is 10.2. The maximum atomic E-state index is 10.6. The Balaban J connectivity index is 2.10. The third-order valence-corrected chi connectivity index (χ3v) is 3.84. The second kappa shape index (κ2) is 5.38. The largest absolute Gasteiger partial charge is 0.385 e. The molecule has 1 aromatic carbocycles. The summed E-state index contributed by atoms with van der Waals surface area (Å²) in [5, 5.41) is 14.7. The fraction of sp³-hybridized carbons (Fsp3) is 0.571. The predicted molar refractivity (Wildman–Crippen MR) is 71.3 cm³/mol. The standard InChI is InChI=1S/C14H20ClNO/c1-14(17,10-11-6-4-5-9-16-11)12-7-2-3-8-13(12)15/h2-3,7-8,11,16-17H,4-6,9-10H2,1H3. The highest BCUT2D eigenvalue weighted by atomic mass is 35.5. The lowest BCUT2D eigenvalue weighted by Crippen LogP contribution is -2.39. The van der Waals surface area contributed by atoms with Crippen molar-refractivity contribution < 1.29 is 5.11 Å². The van der Waals surface area contributed by atoms with Gasteiger partial charge in [-0.2, -0.15) is 0 Å². The Morgan fingerprint density at radius 2 is 2.18 bits per heavy atom. The van der Waals surface area contributed by atoms with Crippen LogP contribution in [0.15, 0.2) is 24.3 Å². The first-order valence-corrected chi connectivity index (χ1v) is 6.68. The fourth-order valence-corrected chi connectivity index (χ4v) is 2.93. The van der Waals surface area contributed by atoms with Gasteiger partial charge in [0, 0.05) is 16.6 Å². The molecule has 17 heavy (non-hydrogen) atoms. The number of hydrogen-bond donors (Lipinski definition) is 2. The molecule has 2 rings (SSSR count). The minimum absolute atomic E-state index is 0.398. The molecule has 0 aromatic heterocycles. The van der Waals surface area contributed by atoms with Crippen molar-refractivity contribution in [2.75, 3.05) is 6.54 Å². The number of piperidine rings is 1. The van der Waals surface area contributed by atoms with Crippen LogP contribution in [-0.4, -0.2) is 17.7 Å². The molecule has 0 saturated carbocycles. The van der Waals surface area contributed by atoms with E-state index in [9.17, 15) is 5.11 Å². The van der Waals surface area contributed by atoms with Gasteiger partial charge < -0.3 is 10.4 Å². The molecule has 1 aliphatic heterocycles. The van der Waals surface area contributed by atoms with E-state index >= 15 is 0 Å². The molecule has 0 radical (unpaired) electrons. The molecular formula is C14H20ClNO. The third-order valence-electron chi connectivity index (χ3n) is 3.51. The van der Waals surface area contributed by atoms with Gasteiger partial charge in [-0.1, -0.05) is 36.2 Å². The van der Waals surface area contributed by atoms with Crippen LogP contribution in [0.5, 0.6) is 0 Å². The van der Waals surface area contributed by atoms with E-state index in [1.54, 1.807) is 0 Å². The van der Waals surface area contributed by atoms with Gasteiger partial charge in [-0.05, 0) is 38.8 Å². The van der Waals surface area contributed by atoms with Crippen LogP contribution in [0.2, 0.25) is 5.02 Å². The summed E-state index contributed by atoms with van der Waals surface area (Å²) in [6, 6.07) is 7.95. The summed E-state index contributed by atoms with van der Waals surface area (Å²) in [5.74, 6) is 0. The number of rotatable bonds is 3. The third kappa shape index (κ3) is 3.21. The Kier molecular flexibility index (Phi) is 4.08. The Morgan fingerprint density at radius 3 is 2.82 bits per heavy atom. The molecule has 2 atom stereocenters. The zero-order chi connectivity index (χ0) is 12.3. The molecule has 0 spiro atoms. The summed E-state index contributed by atoms with van der Waals surface area (Å²) < 4.78 is 0. The van der Waals surface area contributed by atoms with Gasteiger partial charge in [0.15, 0.2) is 0 Å². The number of halogens is 1. The molecule has 1 aromatic rings. The SMILES string of the molecule is CC(O)(CC1CCCCN1)c1ccccc1Cl. The van der Waals surface area contributed by atoms with Gasteiger partial charge in [0.2, 0.25) is 0 Å². The van der Waals surface area contributed by atoms with Crippen molar-refractivity contribution in [1.82, 2.24) is 5.32 Å². The zero-order valence-corrected chi connectivity index (χ0v) is 11.0. The molecule has 2 N–H and O–H groups in total. The summed E-state index contributed by atoms with van der Waals surface area (Å²) in [7, 11) is 0. The molecule has 1 aliphatic rings. The Hall–Kier alpha value is -0.570. The topological polar surface area (TPSA) is 32.3 Å². The molecule has 1 heterocycles. The Bertz CT molecular complexity index is 372. The van der Waals surface area contributed by atoms with E-state index < -0.39 is 5.60 Å². The number of hydrogen-bond acceptors (Lipinski definition) is 2. The summed E-state index contributed by atoms with van der Waals surface area (Å²) in [5.41, 5.74) is -0.0260. The van der Waals surface area contributed by atoms with Gasteiger partial charge in [0.1, 0.15) is 0 Å². The Morgan fingerprint density at radius 1 is 1.41 bits per heavy atom. The normalized spacial score (nSPS) is 24.3. The van der Waals surface area contributed by atoms with Crippen molar-refractivity contribution in [1.29, 1.82) is 0 Å². The summed E-state index contributed by atoms with van der Waals surface area (Å²) in [4.78, 5) is 0. The number of aliphatic hydroxyl groups is 1. The predicted octanol–water partition coefficient (Wildman–Crippen LogP) is 3.08. The van der Waals surface area contributed by atoms with Crippen molar-refractivity contribution in [3.63, 3.8) is 0 Å². The van der Waals surface area contributed by atoms with E-state index in [0.717, 1.165) is 24.9 Å². The van der Waals surface area contributed by atoms with E-state index in [1.807, 2.05) is 31.2 Å². The highest BCUT2D eigenvalue weighted by Crippen LogP contribution is 2.32. The van der Waals surface area contributed by atoms with Crippen LogP contribution in [0.3, 0.4) is 0 Å². The molecule has 1 saturated heterocycles. The monoisotopic (exact) mass is 253 g/mol. The van der Waals surface area contributed by atoms with Crippen LogP contribution in [0.4, 0.5) is 0 Å². The first-order valence-electron chi connectivity index (χ1n) is 6.30. The molecule has 94 valence electrons. The van der Waals surface area contributed by atoms with Crippen LogP contribution in [-0.2, 0) is 5.60 Å². The summed E-state index contributed by atoms with van der Waals surface area (Å²) >= 11 is 6.15. The minimum atomic E-state index is -0.854. The summed E-state index contributed by atoms with van der Waals surface area (Å²) in [6.07, 6.45) is 4.35. The quantitative estimate of drug-likeness (QED) is 0.868. The fourth-order valence-electron chi connectivity index (χ4n) is 2.59. The van der Waals surface area contributed by atoms with E-state index in [-0.39, 0.29) is 0 Å². The molecule has 2 unspecified atom stereocenters. The number of nitrogens with one attached hydrogen (secondary N) is 1. The van der Waals surface area contributed by atoms with E-state index in [2.05, 4.69) is 5.32 Å². The average molecular weight is 254 g/mol. The molecule has 0 bridgehead atoms. The lowest BCUT2D eigenvalue weighted by atomic mass is 9.86. The maximum absolute atomic E-state index is 10.6. The van der Waals surface area contributed by atoms with Gasteiger partial charge in [-0.3, -0.25) is 0 Å². The summed E-state index contributed by atoms with van der Waals surface area (Å²) in [6.45, 7) is 2.91. The molecule has 0 aliphatic carbocycles. The highest BCUT2D eigenvalue weighted by molar-refractivity contribution is 6.31. The first kappa shape index (κ1) is 12.9. The smallest absolute Gasteiger partial charge is 0.0897 e. The lowest BCUT2D eigenvalue weighted by Gasteiger charge is -2.32. The van der Waals surface area contributed by atoms with Crippen LogP contribution in [0.1, 0.15) is 38.2 Å². The van der Waals surface area contributed by atoms with Gasteiger partial charge >= 0.3 is 0 Å². The molecule has 2 nitrogen and oxygen atoms in total. The average Bonchev–Trinajstić information content (AvgIpc) is 2.30. The van der Waals surface area contributed by atoms with Gasteiger partial charge in [0.25, 0.3) is 0 Å². The van der Waals surface area contributed by atoms with Crippen molar-refractivity contribution in [2.24, 2.45) is 0 Å². The molecule has 0 amide bonds. The van der Waals surface area contributed by atoms with Crippen LogP contribution in [0.25, 0.3) is 0 Å². The Labute approximate surface area is 108 Å². The number of benzene rings is 1. The van der Waals surface area contributed by atoms with Crippen LogP contribution >= 0.6 is 11.6 Å². The lowest BCUT2D eigenvalue weighted by molar-refractivity contribution is 0.0333. The van der Waals surface area contributed by atoms with Crippen LogP contribution in [0, 0.1) is 0 Å². The van der Waals surface area contributed by atoms with Crippen molar-refractivity contribution in [3.05, 3.63) is 34.9 Å². The first-order chi connectivity index (χ1) is 8.09. The van der Waals surface area contributed by atoms with E-state index in [1.165, 1.54) is 12.8 Å². The minimum Gasteiger partial charge on any atom is -0.385 e. The second-order valence-electron chi connectivity index (χ2n) is 5.10. The molecular weight excluding hydrogens is 234 g/mol. The van der Waals surface area contributed by atoms with E-state index in [4.69, 9.17) is 11.6 Å². The van der Waals surface area contributed by atoms with Crippen molar-refractivity contribution in [3.8, 4) is 0 Å². The molecule has 1 fully saturated rings. The van der Waals surface area contributed by atoms with E-state index in [0.29, 0.717) is 11.1 Å². The van der Waals surface area contributed by atoms with Crippen molar-refractivity contribution in [2.45, 2.75) is 44.2 Å². The van der Waals surface area contributed by atoms with Gasteiger partial charge in [-0.15, -0.1) is 0 Å². The van der Waals surface area contributed by atoms with Gasteiger partial charge in [0.05, 0.1) is 5.60 Å². The molecule has 3 heteroatoms. The van der Waals surface area contributed by atoms with Crippen LogP contribution < -0.4 is 5.32 Å². The van der Waals surface area contributed by atoms with Crippen molar-refractivity contribution >= 4 is 11.6 Å². The second-order valence-corrected chi connectivity index (χ2v) is 5.51.